The Morgan fingerprint density at radius 3 is 2.40 bits per heavy atom. The van der Waals surface area contributed by atoms with Gasteiger partial charge in [-0.15, -0.1) is 0 Å². The Balaban J connectivity index is 2.23. The predicted molar refractivity (Wildman–Crippen MR) is 81.6 cm³/mol. The van der Waals surface area contributed by atoms with Crippen LogP contribution in [0.25, 0.3) is 11.1 Å². The van der Waals surface area contributed by atoms with E-state index >= 15 is 0 Å². The Hall–Kier alpha value is -2.09. The number of hydrogen-bond donors (Lipinski definition) is 0. The van der Waals surface area contributed by atoms with Crippen molar-refractivity contribution < 1.29 is 9.53 Å². The molecule has 1 atom stereocenters. The molecule has 0 radical (unpaired) electrons. The molecule has 20 heavy (non-hydrogen) atoms. The Morgan fingerprint density at radius 1 is 1.05 bits per heavy atom. The summed E-state index contributed by atoms with van der Waals surface area (Å²) < 4.78 is 5.58. The molecule has 0 fully saturated rings. The van der Waals surface area contributed by atoms with Crippen molar-refractivity contribution in [3.63, 3.8) is 0 Å². The summed E-state index contributed by atoms with van der Waals surface area (Å²) in [6, 6.07) is 17.6. The van der Waals surface area contributed by atoms with E-state index in [9.17, 15) is 4.79 Å². The molecule has 104 valence electrons. The van der Waals surface area contributed by atoms with Gasteiger partial charge in [-0.2, -0.15) is 0 Å². The fourth-order valence-electron chi connectivity index (χ4n) is 2.17. The molecule has 0 saturated carbocycles. The third-order valence-electron chi connectivity index (χ3n) is 3.31. The second-order valence-corrected chi connectivity index (χ2v) is 4.97. The normalized spacial score (nSPS) is 11.9. The van der Waals surface area contributed by atoms with Gasteiger partial charge in [0, 0.05) is 5.56 Å². The van der Waals surface area contributed by atoms with Gasteiger partial charge in [0.2, 0.25) is 0 Å². The van der Waals surface area contributed by atoms with Crippen LogP contribution in [-0.4, -0.2) is 5.97 Å². The molecule has 2 heteroatoms. The van der Waals surface area contributed by atoms with Crippen LogP contribution < -0.4 is 4.74 Å². The lowest BCUT2D eigenvalue weighted by Gasteiger charge is -2.13. The fourth-order valence-corrected chi connectivity index (χ4v) is 2.17. The summed E-state index contributed by atoms with van der Waals surface area (Å²) in [4.78, 5) is 12.1. The van der Waals surface area contributed by atoms with Crippen LogP contribution in [0.3, 0.4) is 0 Å². The van der Waals surface area contributed by atoms with Gasteiger partial charge in [-0.25, -0.2) is 0 Å². The zero-order chi connectivity index (χ0) is 14.4. The first-order valence-corrected chi connectivity index (χ1v) is 7.08. The summed E-state index contributed by atoms with van der Waals surface area (Å²) in [6.45, 7) is 3.98. The van der Waals surface area contributed by atoms with Crippen LogP contribution in [0.15, 0.2) is 54.6 Å². The lowest BCUT2D eigenvalue weighted by Crippen LogP contribution is -2.17. The first-order valence-electron chi connectivity index (χ1n) is 7.08. The molecule has 2 nitrogen and oxygen atoms in total. The largest absolute Gasteiger partial charge is 0.426 e. The number of carbonyl (C=O) groups excluding carboxylic acids is 1. The van der Waals surface area contributed by atoms with Gasteiger partial charge in [0.1, 0.15) is 5.75 Å². The van der Waals surface area contributed by atoms with Crippen LogP contribution in [0.5, 0.6) is 5.75 Å². The Bertz CT molecular complexity index is 561. The summed E-state index contributed by atoms with van der Waals surface area (Å²) in [5, 5.41) is 0. The second kappa shape index (κ2) is 6.90. The number of para-hydroxylation sites is 1. The lowest BCUT2D eigenvalue weighted by atomic mass is 10.0. The SMILES string of the molecule is CCCC(C)C(=O)Oc1ccccc1-c1ccccc1. The molecule has 0 aliphatic heterocycles. The van der Waals surface area contributed by atoms with E-state index in [2.05, 4.69) is 6.92 Å². The van der Waals surface area contributed by atoms with Crippen LogP contribution >= 0.6 is 0 Å². The zero-order valence-electron chi connectivity index (χ0n) is 12.0. The van der Waals surface area contributed by atoms with E-state index in [4.69, 9.17) is 4.74 Å². The Labute approximate surface area is 120 Å². The van der Waals surface area contributed by atoms with Crippen LogP contribution in [0.2, 0.25) is 0 Å². The van der Waals surface area contributed by atoms with Gasteiger partial charge in [-0.3, -0.25) is 4.79 Å². The van der Waals surface area contributed by atoms with Crippen molar-refractivity contribution in [1.29, 1.82) is 0 Å². The highest BCUT2D eigenvalue weighted by Gasteiger charge is 2.16. The maximum Gasteiger partial charge on any atom is 0.314 e. The molecule has 0 aromatic heterocycles. The van der Waals surface area contributed by atoms with Gasteiger partial charge < -0.3 is 4.74 Å². The van der Waals surface area contributed by atoms with Crippen LogP contribution in [-0.2, 0) is 4.79 Å². The zero-order valence-corrected chi connectivity index (χ0v) is 12.0. The molecular weight excluding hydrogens is 248 g/mol. The third kappa shape index (κ3) is 3.47. The first kappa shape index (κ1) is 14.3. The Kier molecular flexibility index (Phi) is 4.94. The maximum absolute atomic E-state index is 12.1. The summed E-state index contributed by atoms with van der Waals surface area (Å²) in [7, 11) is 0. The monoisotopic (exact) mass is 268 g/mol. The number of benzene rings is 2. The lowest BCUT2D eigenvalue weighted by molar-refractivity contribution is -0.138. The first-order chi connectivity index (χ1) is 9.72. The van der Waals surface area contributed by atoms with Crippen molar-refractivity contribution >= 4 is 5.97 Å². The van der Waals surface area contributed by atoms with Gasteiger partial charge in [-0.05, 0) is 18.1 Å². The smallest absolute Gasteiger partial charge is 0.314 e. The number of esters is 1. The van der Waals surface area contributed by atoms with E-state index in [0.29, 0.717) is 5.75 Å². The van der Waals surface area contributed by atoms with Crippen molar-refractivity contribution in [1.82, 2.24) is 0 Å². The van der Waals surface area contributed by atoms with Gasteiger partial charge in [0.05, 0.1) is 5.92 Å². The van der Waals surface area contributed by atoms with E-state index in [-0.39, 0.29) is 11.9 Å². The van der Waals surface area contributed by atoms with E-state index < -0.39 is 0 Å². The van der Waals surface area contributed by atoms with Gasteiger partial charge in [0.25, 0.3) is 0 Å². The van der Waals surface area contributed by atoms with Crippen molar-refractivity contribution in [2.75, 3.05) is 0 Å². The molecular formula is C18H20O2. The molecule has 2 aromatic rings. The molecule has 0 saturated heterocycles. The second-order valence-electron chi connectivity index (χ2n) is 4.97. The molecule has 2 aromatic carbocycles. The Morgan fingerprint density at radius 2 is 1.70 bits per heavy atom. The molecule has 0 amide bonds. The van der Waals surface area contributed by atoms with Gasteiger partial charge in [0.15, 0.2) is 0 Å². The molecule has 2 rings (SSSR count). The standard InChI is InChI=1S/C18H20O2/c1-3-9-14(2)18(19)20-17-13-8-7-12-16(17)15-10-5-4-6-11-15/h4-8,10-14H,3,9H2,1-2H3. The average molecular weight is 268 g/mol. The molecule has 0 spiro atoms. The summed E-state index contributed by atoms with van der Waals surface area (Å²) >= 11 is 0. The van der Waals surface area contributed by atoms with Crippen molar-refractivity contribution in [3.8, 4) is 16.9 Å². The summed E-state index contributed by atoms with van der Waals surface area (Å²) in [5.74, 6) is 0.408. The van der Waals surface area contributed by atoms with Crippen molar-refractivity contribution in [3.05, 3.63) is 54.6 Å². The van der Waals surface area contributed by atoms with E-state index in [1.807, 2.05) is 61.5 Å². The predicted octanol–water partition coefficient (Wildman–Crippen LogP) is 4.70. The highest BCUT2D eigenvalue weighted by molar-refractivity contribution is 5.79. The topological polar surface area (TPSA) is 26.3 Å². The fraction of sp³-hybridized carbons (Fsp3) is 0.278. The van der Waals surface area contributed by atoms with Crippen LogP contribution in [0.4, 0.5) is 0 Å². The van der Waals surface area contributed by atoms with Crippen molar-refractivity contribution in [2.45, 2.75) is 26.7 Å². The number of hydrogen-bond acceptors (Lipinski definition) is 2. The molecule has 1 unspecified atom stereocenters. The molecule has 0 bridgehead atoms. The number of ether oxygens (including phenoxy) is 1. The molecule has 0 aliphatic carbocycles. The highest BCUT2D eigenvalue weighted by Crippen LogP contribution is 2.30. The molecule has 0 N–H and O–H groups in total. The van der Waals surface area contributed by atoms with Crippen LogP contribution in [0, 0.1) is 5.92 Å². The van der Waals surface area contributed by atoms with E-state index in [0.717, 1.165) is 24.0 Å². The van der Waals surface area contributed by atoms with E-state index in [1.165, 1.54) is 0 Å². The number of rotatable bonds is 5. The minimum atomic E-state index is -0.157. The van der Waals surface area contributed by atoms with Crippen LogP contribution in [0.1, 0.15) is 26.7 Å². The van der Waals surface area contributed by atoms with E-state index in [1.54, 1.807) is 0 Å². The van der Waals surface area contributed by atoms with Gasteiger partial charge in [-0.1, -0.05) is 68.8 Å². The summed E-state index contributed by atoms with van der Waals surface area (Å²) in [5.41, 5.74) is 2.00. The number of carbonyl (C=O) groups is 1. The molecule has 0 aliphatic rings. The van der Waals surface area contributed by atoms with Gasteiger partial charge >= 0.3 is 5.97 Å². The average Bonchev–Trinajstić information content (AvgIpc) is 2.49. The third-order valence-corrected chi connectivity index (χ3v) is 3.31. The quantitative estimate of drug-likeness (QED) is 0.580. The summed E-state index contributed by atoms with van der Waals surface area (Å²) in [6.07, 6.45) is 1.84. The van der Waals surface area contributed by atoms with Crippen molar-refractivity contribution in [2.24, 2.45) is 5.92 Å². The molecule has 0 heterocycles. The maximum atomic E-state index is 12.1. The highest BCUT2D eigenvalue weighted by atomic mass is 16.5. The minimum absolute atomic E-state index is 0.0659. The minimum Gasteiger partial charge on any atom is -0.426 e.